The summed E-state index contributed by atoms with van der Waals surface area (Å²) in [5.74, 6) is 3.21. The molecule has 86 valence electrons. The van der Waals surface area contributed by atoms with Crippen LogP contribution in [-0.4, -0.2) is 11.7 Å². The zero-order chi connectivity index (χ0) is 12.0. The minimum Gasteiger partial charge on any atom is -0.493 e. The summed E-state index contributed by atoms with van der Waals surface area (Å²) in [5, 5.41) is 10.2. The van der Waals surface area contributed by atoms with Crippen molar-refractivity contribution in [1.82, 2.24) is 0 Å². The summed E-state index contributed by atoms with van der Waals surface area (Å²) >= 11 is 5.85. The van der Waals surface area contributed by atoms with Gasteiger partial charge in [-0.3, -0.25) is 0 Å². The molecular weight excluding hydrogens is 224 g/mol. The third kappa shape index (κ3) is 3.77. The maximum absolute atomic E-state index is 9.56. The van der Waals surface area contributed by atoms with E-state index < -0.39 is 6.10 Å². The lowest BCUT2D eigenvalue weighted by molar-refractivity contribution is 0.191. The standard InChI is InChI=1S/C13H15ClO2/c1-3-4-5-8-16-13-7-6-11(14)9-12(13)10(2)15/h1,6-7,9-10,15H,4-5,8H2,2H3. The Bertz CT molecular complexity index is 380. The maximum atomic E-state index is 9.56. The molecule has 0 aromatic heterocycles. The van der Waals surface area contributed by atoms with Crippen LogP contribution in [0.1, 0.15) is 31.4 Å². The Morgan fingerprint density at radius 1 is 1.56 bits per heavy atom. The second-order valence-electron chi connectivity index (χ2n) is 3.51. The fourth-order valence-electron chi connectivity index (χ4n) is 1.33. The molecular formula is C13H15ClO2. The molecule has 3 heteroatoms. The van der Waals surface area contributed by atoms with Crippen LogP contribution in [-0.2, 0) is 0 Å². The molecule has 1 aromatic rings. The fraction of sp³-hybridized carbons (Fsp3) is 0.385. The van der Waals surface area contributed by atoms with Crippen LogP contribution in [0.2, 0.25) is 5.02 Å². The molecule has 0 aliphatic carbocycles. The van der Waals surface area contributed by atoms with Crippen molar-refractivity contribution in [1.29, 1.82) is 0 Å². The monoisotopic (exact) mass is 238 g/mol. The van der Waals surface area contributed by atoms with Crippen molar-refractivity contribution >= 4 is 11.6 Å². The molecule has 1 unspecified atom stereocenters. The third-order valence-electron chi connectivity index (χ3n) is 2.14. The Morgan fingerprint density at radius 2 is 2.31 bits per heavy atom. The van der Waals surface area contributed by atoms with Crippen molar-refractivity contribution in [3.8, 4) is 18.1 Å². The van der Waals surface area contributed by atoms with Crippen molar-refractivity contribution in [3.05, 3.63) is 28.8 Å². The van der Waals surface area contributed by atoms with E-state index in [1.54, 1.807) is 25.1 Å². The SMILES string of the molecule is C#CCCCOc1ccc(Cl)cc1C(C)O. The summed E-state index contributed by atoms with van der Waals surface area (Å²) in [5.41, 5.74) is 0.702. The number of rotatable bonds is 5. The van der Waals surface area contributed by atoms with Crippen molar-refractivity contribution in [2.24, 2.45) is 0 Å². The number of aliphatic hydroxyl groups excluding tert-OH is 1. The number of aliphatic hydroxyl groups is 1. The van der Waals surface area contributed by atoms with Crippen LogP contribution >= 0.6 is 11.6 Å². The summed E-state index contributed by atoms with van der Waals surface area (Å²) in [6.45, 7) is 2.23. The smallest absolute Gasteiger partial charge is 0.125 e. The minimum absolute atomic E-state index is 0.547. The fourth-order valence-corrected chi connectivity index (χ4v) is 1.51. The highest BCUT2D eigenvalue weighted by Gasteiger charge is 2.09. The Labute approximate surface area is 101 Å². The van der Waals surface area contributed by atoms with E-state index in [2.05, 4.69) is 5.92 Å². The normalized spacial score (nSPS) is 11.9. The summed E-state index contributed by atoms with van der Waals surface area (Å²) in [6, 6.07) is 5.22. The topological polar surface area (TPSA) is 29.5 Å². The predicted octanol–water partition coefficient (Wildman–Crippen LogP) is 3.19. The van der Waals surface area contributed by atoms with Gasteiger partial charge in [-0.2, -0.15) is 0 Å². The second-order valence-corrected chi connectivity index (χ2v) is 3.95. The van der Waals surface area contributed by atoms with Gasteiger partial charge >= 0.3 is 0 Å². The quantitative estimate of drug-likeness (QED) is 0.631. The first-order valence-corrected chi connectivity index (χ1v) is 5.56. The van der Waals surface area contributed by atoms with Crippen LogP contribution in [0.25, 0.3) is 0 Å². The lowest BCUT2D eigenvalue weighted by Crippen LogP contribution is -2.02. The Kier molecular flexibility index (Phi) is 5.18. The molecule has 0 fully saturated rings. The first-order valence-electron chi connectivity index (χ1n) is 5.19. The van der Waals surface area contributed by atoms with Crippen molar-refractivity contribution < 1.29 is 9.84 Å². The van der Waals surface area contributed by atoms with Gasteiger partial charge < -0.3 is 9.84 Å². The predicted molar refractivity (Wildman–Crippen MR) is 65.6 cm³/mol. The van der Waals surface area contributed by atoms with E-state index in [9.17, 15) is 5.11 Å². The third-order valence-corrected chi connectivity index (χ3v) is 2.38. The molecule has 0 bridgehead atoms. The zero-order valence-electron chi connectivity index (χ0n) is 9.24. The molecule has 0 amide bonds. The number of benzene rings is 1. The van der Waals surface area contributed by atoms with Crippen molar-refractivity contribution in [2.45, 2.75) is 25.9 Å². The van der Waals surface area contributed by atoms with Gasteiger partial charge in [-0.1, -0.05) is 11.6 Å². The molecule has 0 aliphatic heterocycles. The average Bonchev–Trinajstić information content (AvgIpc) is 2.26. The van der Waals surface area contributed by atoms with Gasteiger partial charge in [0.1, 0.15) is 5.75 Å². The summed E-state index contributed by atoms with van der Waals surface area (Å²) in [6.07, 6.45) is 6.04. The number of hydrogen-bond acceptors (Lipinski definition) is 2. The van der Waals surface area contributed by atoms with E-state index in [0.29, 0.717) is 29.4 Å². The van der Waals surface area contributed by atoms with E-state index in [-0.39, 0.29) is 0 Å². The molecule has 0 aliphatic rings. The van der Waals surface area contributed by atoms with Gasteiger partial charge in [0, 0.05) is 17.0 Å². The van der Waals surface area contributed by atoms with Gasteiger partial charge in [0.2, 0.25) is 0 Å². The van der Waals surface area contributed by atoms with Gasteiger partial charge in [-0.15, -0.1) is 12.3 Å². The van der Waals surface area contributed by atoms with Crippen LogP contribution in [0, 0.1) is 12.3 Å². The van der Waals surface area contributed by atoms with E-state index in [1.807, 2.05) is 0 Å². The second kappa shape index (κ2) is 6.42. The maximum Gasteiger partial charge on any atom is 0.125 e. The van der Waals surface area contributed by atoms with Crippen LogP contribution in [0.5, 0.6) is 5.75 Å². The number of hydrogen-bond donors (Lipinski definition) is 1. The lowest BCUT2D eigenvalue weighted by atomic mass is 10.1. The van der Waals surface area contributed by atoms with Crippen LogP contribution in [0.15, 0.2) is 18.2 Å². The molecule has 0 spiro atoms. The molecule has 1 aromatic carbocycles. The number of terminal acetylenes is 1. The molecule has 1 rings (SSSR count). The molecule has 0 heterocycles. The Hall–Kier alpha value is -1.17. The first kappa shape index (κ1) is 12.9. The molecule has 16 heavy (non-hydrogen) atoms. The van der Waals surface area contributed by atoms with Gasteiger partial charge in [-0.05, 0) is 31.5 Å². The van der Waals surface area contributed by atoms with Gasteiger partial charge in [0.15, 0.2) is 0 Å². The number of unbranched alkanes of at least 4 members (excludes halogenated alkanes) is 1. The van der Waals surface area contributed by atoms with Crippen molar-refractivity contribution in [3.63, 3.8) is 0 Å². The van der Waals surface area contributed by atoms with Crippen LogP contribution in [0.3, 0.4) is 0 Å². The summed E-state index contributed by atoms with van der Waals surface area (Å²) < 4.78 is 5.54. The highest BCUT2D eigenvalue weighted by atomic mass is 35.5. The first-order chi connectivity index (χ1) is 7.65. The molecule has 1 atom stereocenters. The molecule has 0 saturated carbocycles. The van der Waals surface area contributed by atoms with Crippen LogP contribution in [0.4, 0.5) is 0 Å². The van der Waals surface area contributed by atoms with E-state index >= 15 is 0 Å². The number of ether oxygens (including phenoxy) is 1. The number of halogens is 1. The molecule has 0 radical (unpaired) electrons. The van der Waals surface area contributed by atoms with E-state index in [4.69, 9.17) is 22.8 Å². The zero-order valence-corrected chi connectivity index (χ0v) is 10.00. The average molecular weight is 239 g/mol. The van der Waals surface area contributed by atoms with Crippen LogP contribution < -0.4 is 4.74 Å². The summed E-state index contributed by atoms with van der Waals surface area (Å²) in [7, 11) is 0. The van der Waals surface area contributed by atoms with Gasteiger partial charge in [0.25, 0.3) is 0 Å². The van der Waals surface area contributed by atoms with Crippen molar-refractivity contribution in [2.75, 3.05) is 6.61 Å². The molecule has 1 N–H and O–H groups in total. The molecule has 0 saturated heterocycles. The largest absolute Gasteiger partial charge is 0.493 e. The van der Waals surface area contributed by atoms with E-state index in [1.165, 1.54) is 0 Å². The van der Waals surface area contributed by atoms with Gasteiger partial charge in [-0.25, -0.2) is 0 Å². The lowest BCUT2D eigenvalue weighted by Gasteiger charge is -2.13. The Morgan fingerprint density at radius 3 is 2.94 bits per heavy atom. The molecule has 2 nitrogen and oxygen atoms in total. The summed E-state index contributed by atoms with van der Waals surface area (Å²) in [4.78, 5) is 0. The highest BCUT2D eigenvalue weighted by molar-refractivity contribution is 6.30. The Balaban J connectivity index is 2.68. The van der Waals surface area contributed by atoms with Gasteiger partial charge in [0.05, 0.1) is 12.7 Å². The minimum atomic E-state index is -0.596. The highest BCUT2D eigenvalue weighted by Crippen LogP contribution is 2.28. The van der Waals surface area contributed by atoms with E-state index in [0.717, 1.165) is 6.42 Å².